The summed E-state index contributed by atoms with van der Waals surface area (Å²) in [4.78, 5) is 37.9. The van der Waals surface area contributed by atoms with Gasteiger partial charge < -0.3 is 14.9 Å². The largest absolute Gasteiger partial charge is 0.461 e. The number of aliphatic hydroxyl groups excluding tert-OH is 1. The summed E-state index contributed by atoms with van der Waals surface area (Å²) in [5, 5.41) is 20.9. The molecule has 178 valence electrons. The van der Waals surface area contributed by atoms with E-state index in [1.807, 2.05) is 27.7 Å². The summed E-state index contributed by atoms with van der Waals surface area (Å²) in [6.07, 6.45) is 5.79. The molecule has 3 fully saturated rings. The zero-order chi connectivity index (χ0) is 23.7. The highest BCUT2D eigenvalue weighted by Gasteiger charge is 2.67. The van der Waals surface area contributed by atoms with Crippen molar-refractivity contribution in [2.24, 2.45) is 34.0 Å². The van der Waals surface area contributed by atoms with Crippen molar-refractivity contribution in [1.82, 2.24) is 0 Å². The van der Waals surface area contributed by atoms with Gasteiger partial charge in [0, 0.05) is 17.3 Å². The van der Waals surface area contributed by atoms with E-state index >= 15 is 0 Å². The molecule has 4 aliphatic carbocycles. The minimum Gasteiger partial charge on any atom is -0.461 e. The number of esters is 1. The molecule has 6 nitrogen and oxygen atoms in total. The zero-order valence-corrected chi connectivity index (χ0v) is 20.1. The van der Waals surface area contributed by atoms with Crippen molar-refractivity contribution in [2.45, 2.75) is 91.3 Å². The van der Waals surface area contributed by atoms with Gasteiger partial charge in [0.15, 0.2) is 11.6 Å². The number of aliphatic hydroxyl groups is 2. The SMILES string of the molecule is CC(C)(C)C(=O)OC1CC(=O)C=C2CC[C@H]3[C@@H]4CC[C@](O)(C(=O)CO)[C@@]4(C)CC[C@@H]3[C@]21C. The van der Waals surface area contributed by atoms with Gasteiger partial charge in [0.2, 0.25) is 0 Å². The molecule has 3 saturated carbocycles. The van der Waals surface area contributed by atoms with E-state index in [2.05, 4.69) is 6.92 Å². The molecule has 32 heavy (non-hydrogen) atoms. The molecule has 0 aromatic carbocycles. The molecular weight excluding hydrogens is 408 g/mol. The Morgan fingerprint density at radius 2 is 1.78 bits per heavy atom. The third-order valence-electron chi connectivity index (χ3n) is 9.66. The molecule has 6 heteroatoms. The van der Waals surface area contributed by atoms with Crippen molar-refractivity contribution in [1.29, 1.82) is 0 Å². The van der Waals surface area contributed by atoms with Gasteiger partial charge in [-0.1, -0.05) is 19.4 Å². The van der Waals surface area contributed by atoms with Crippen molar-refractivity contribution < 1.29 is 29.3 Å². The van der Waals surface area contributed by atoms with Crippen LogP contribution in [0.5, 0.6) is 0 Å². The summed E-state index contributed by atoms with van der Waals surface area (Å²) >= 11 is 0. The normalized spacial score (nSPS) is 43.6. The van der Waals surface area contributed by atoms with E-state index in [-0.39, 0.29) is 35.9 Å². The van der Waals surface area contributed by atoms with Crippen molar-refractivity contribution >= 4 is 17.5 Å². The van der Waals surface area contributed by atoms with Crippen LogP contribution in [0.1, 0.15) is 79.6 Å². The summed E-state index contributed by atoms with van der Waals surface area (Å²) in [5.74, 6) is -0.0737. The Morgan fingerprint density at radius 3 is 2.41 bits per heavy atom. The van der Waals surface area contributed by atoms with Crippen molar-refractivity contribution in [3.8, 4) is 0 Å². The molecule has 0 aromatic heterocycles. The number of Topliss-reactive ketones (excluding diaryl/α,β-unsaturated/α-hetero) is 1. The van der Waals surface area contributed by atoms with Crippen LogP contribution in [0.4, 0.5) is 0 Å². The molecule has 0 bridgehead atoms. The van der Waals surface area contributed by atoms with Crippen LogP contribution in [0.3, 0.4) is 0 Å². The van der Waals surface area contributed by atoms with E-state index in [1.165, 1.54) is 0 Å². The Morgan fingerprint density at radius 1 is 1.12 bits per heavy atom. The van der Waals surface area contributed by atoms with Crippen LogP contribution in [0.2, 0.25) is 0 Å². The molecule has 0 amide bonds. The zero-order valence-electron chi connectivity index (χ0n) is 20.1. The number of fused-ring (bicyclic) bond motifs is 5. The molecule has 4 rings (SSSR count). The summed E-state index contributed by atoms with van der Waals surface area (Å²) < 4.78 is 6.04. The molecule has 1 unspecified atom stereocenters. The van der Waals surface area contributed by atoms with Gasteiger partial charge in [0.25, 0.3) is 0 Å². The van der Waals surface area contributed by atoms with Gasteiger partial charge in [0.05, 0.1) is 5.41 Å². The van der Waals surface area contributed by atoms with Crippen LogP contribution in [0.15, 0.2) is 11.6 Å². The minimum absolute atomic E-state index is 0.0204. The second-order valence-electron chi connectivity index (χ2n) is 12.1. The van der Waals surface area contributed by atoms with E-state index in [1.54, 1.807) is 6.08 Å². The van der Waals surface area contributed by atoms with Gasteiger partial charge in [-0.15, -0.1) is 0 Å². The average Bonchev–Trinajstić information content (AvgIpc) is 2.99. The van der Waals surface area contributed by atoms with E-state index in [9.17, 15) is 24.6 Å². The second-order valence-corrected chi connectivity index (χ2v) is 12.1. The fourth-order valence-electron chi connectivity index (χ4n) is 7.66. The van der Waals surface area contributed by atoms with E-state index in [4.69, 9.17) is 4.74 Å². The van der Waals surface area contributed by atoms with Crippen LogP contribution >= 0.6 is 0 Å². The molecule has 7 atom stereocenters. The van der Waals surface area contributed by atoms with Gasteiger partial charge in [-0.25, -0.2) is 0 Å². The standard InChI is InChI=1S/C26H38O6/c1-23(2,3)22(30)32-21-13-16(28)12-15-6-7-17-18-9-11-26(31,20(29)14-27)24(18,4)10-8-19(17)25(15,21)5/h12,17-19,21,27,31H,6-11,13-14H2,1-5H3/t17-,18-,19-,21?,24-,25-,26-/m0/s1. The maximum absolute atomic E-state index is 12.8. The monoisotopic (exact) mass is 446 g/mol. The lowest BCUT2D eigenvalue weighted by atomic mass is 9.45. The first-order chi connectivity index (χ1) is 14.8. The summed E-state index contributed by atoms with van der Waals surface area (Å²) in [5.41, 5.74) is -2.01. The molecular formula is C26H38O6. The Labute approximate surface area is 190 Å². The van der Waals surface area contributed by atoms with Gasteiger partial charge in [-0.2, -0.15) is 0 Å². The highest BCUT2D eigenvalue weighted by Crippen LogP contribution is 2.67. The maximum atomic E-state index is 12.8. The Hall–Kier alpha value is -1.53. The lowest BCUT2D eigenvalue weighted by Crippen LogP contribution is -2.60. The number of hydrogen-bond donors (Lipinski definition) is 2. The first-order valence-electron chi connectivity index (χ1n) is 12.1. The number of carbonyl (C=O) groups excluding carboxylic acids is 3. The topological polar surface area (TPSA) is 101 Å². The molecule has 0 radical (unpaired) electrons. The minimum atomic E-state index is -1.48. The summed E-state index contributed by atoms with van der Waals surface area (Å²) in [7, 11) is 0. The molecule has 0 heterocycles. The fourth-order valence-corrected chi connectivity index (χ4v) is 7.66. The first-order valence-corrected chi connectivity index (χ1v) is 12.1. The van der Waals surface area contributed by atoms with Crippen molar-refractivity contribution in [2.75, 3.05) is 6.61 Å². The predicted molar refractivity (Wildman–Crippen MR) is 118 cm³/mol. The van der Waals surface area contributed by atoms with Gasteiger partial charge in [-0.05, 0) is 83.1 Å². The predicted octanol–water partition coefficient (Wildman–Crippen LogP) is 3.38. The van der Waals surface area contributed by atoms with Crippen molar-refractivity contribution in [3.05, 3.63) is 11.6 Å². The van der Waals surface area contributed by atoms with E-state index in [0.717, 1.165) is 31.3 Å². The van der Waals surface area contributed by atoms with Gasteiger partial charge in [0.1, 0.15) is 18.3 Å². The van der Waals surface area contributed by atoms with Crippen molar-refractivity contribution in [3.63, 3.8) is 0 Å². The van der Waals surface area contributed by atoms with Crippen LogP contribution in [-0.2, 0) is 19.1 Å². The lowest BCUT2D eigenvalue weighted by molar-refractivity contribution is -0.181. The van der Waals surface area contributed by atoms with Crippen LogP contribution < -0.4 is 0 Å². The van der Waals surface area contributed by atoms with Crippen LogP contribution in [-0.4, -0.2) is 46.1 Å². The number of ether oxygens (including phenoxy) is 1. The Balaban J connectivity index is 1.69. The molecule has 2 N–H and O–H groups in total. The Bertz CT molecular complexity index is 868. The number of rotatable bonds is 3. The van der Waals surface area contributed by atoms with E-state index < -0.39 is 40.3 Å². The van der Waals surface area contributed by atoms with Gasteiger partial charge in [-0.3, -0.25) is 14.4 Å². The van der Waals surface area contributed by atoms with E-state index in [0.29, 0.717) is 12.8 Å². The molecule has 0 spiro atoms. The second kappa shape index (κ2) is 7.49. The summed E-state index contributed by atoms with van der Waals surface area (Å²) in [6.45, 7) is 9.02. The first kappa shape index (κ1) is 23.6. The van der Waals surface area contributed by atoms with Crippen LogP contribution in [0, 0.1) is 34.0 Å². The highest BCUT2D eigenvalue weighted by atomic mass is 16.5. The quantitative estimate of drug-likeness (QED) is 0.645. The Kier molecular flexibility index (Phi) is 5.53. The smallest absolute Gasteiger partial charge is 0.311 e. The molecule has 4 aliphatic rings. The third kappa shape index (κ3) is 3.16. The lowest BCUT2D eigenvalue weighted by Gasteiger charge is -2.60. The fraction of sp³-hybridized carbons (Fsp3) is 0.808. The number of ketones is 2. The number of hydrogen-bond acceptors (Lipinski definition) is 6. The molecule has 0 aromatic rings. The average molecular weight is 447 g/mol. The van der Waals surface area contributed by atoms with Gasteiger partial charge >= 0.3 is 5.97 Å². The maximum Gasteiger partial charge on any atom is 0.311 e. The molecule has 0 saturated heterocycles. The summed E-state index contributed by atoms with van der Waals surface area (Å²) in [6, 6.07) is 0. The highest BCUT2D eigenvalue weighted by molar-refractivity contribution is 5.93. The number of carbonyl (C=O) groups is 3. The van der Waals surface area contributed by atoms with Crippen LogP contribution in [0.25, 0.3) is 0 Å². The third-order valence-corrected chi connectivity index (χ3v) is 9.66. The molecule has 0 aliphatic heterocycles.